The Balaban J connectivity index is 0.00000261. The van der Waals surface area contributed by atoms with Gasteiger partial charge in [0.25, 0.3) is 0 Å². The molecule has 3 rings (SSSR count). The van der Waals surface area contributed by atoms with Crippen molar-refractivity contribution in [2.24, 2.45) is 0 Å². The summed E-state index contributed by atoms with van der Waals surface area (Å²) in [5.74, 6) is 0. The summed E-state index contributed by atoms with van der Waals surface area (Å²) in [6.45, 7) is 2.46. The van der Waals surface area contributed by atoms with E-state index in [2.05, 4.69) is 36.0 Å². The average Bonchev–Trinajstić information content (AvgIpc) is 2.63. The number of aromatic nitrogens is 1. The molecule has 0 aliphatic carbocycles. The number of halogens is 3. The Labute approximate surface area is 203 Å². The normalized spacial score (nSPS) is 10.6. The van der Waals surface area contributed by atoms with E-state index in [-0.39, 0.29) is 32.7 Å². The molecular formula is C21H17BrCl2NOY-. The average molecular weight is 539 g/mol. The quantitative estimate of drug-likeness (QED) is 0.317. The number of ether oxygens (including phenoxy) is 1. The fourth-order valence-electron chi connectivity index (χ4n) is 2.86. The zero-order valence-corrected chi connectivity index (χ0v) is 20.7. The second-order valence-corrected chi connectivity index (χ2v) is 7.58. The molecule has 2 aromatic carbocycles. The Morgan fingerprint density at radius 2 is 1.74 bits per heavy atom. The van der Waals surface area contributed by atoms with E-state index in [1.54, 1.807) is 6.07 Å². The summed E-state index contributed by atoms with van der Waals surface area (Å²) < 4.78 is 6.11. The van der Waals surface area contributed by atoms with Gasteiger partial charge in [-0.1, -0.05) is 64.3 Å². The molecule has 0 saturated heterocycles. The third kappa shape index (κ3) is 5.41. The van der Waals surface area contributed by atoms with E-state index in [4.69, 9.17) is 32.9 Å². The van der Waals surface area contributed by atoms with E-state index in [1.807, 2.05) is 36.4 Å². The first-order chi connectivity index (χ1) is 12.5. The molecule has 0 N–H and O–H groups in total. The van der Waals surface area contributed by atoms with Crippen LogP contribution in [0, 0.1) is 7.11 Å². The molecule has 1 radical (unpaired) electrons. The van der Waals surface area contributed by atoms with Crippen molar-refractivity contribution in [2.45, 2.75) is 20.0 Å². The van der Waals surface area contributed by atoms with Crippen LogP contribution in [0.2, 0.25) is 10.0 Å². The van der Waals surface area contributed by atoms with Crippen molar-refractivity contribution in [3.05, 3.63) is 81.4 Å². The van der Waals surface area contributed by atoms with Crippen molar-refractivity contribution in [1.82, 2.24) is 4.98 Å². The first-order valence-corrected chi connectivity index (χ1v) is 9.69. The van der Waals surface area contributed by atoms with Crippen LogP contribution < -0.4 is 0 Å². The number of hydrogen-bond acceptors (Lipinski definition) is 2. The molecular weight excluding hydrogens is 522 g/mol. The molecule has 2 nitrogen and oxygen atoms in total. The molecule has 0 atom stereocenters. The van der Waals surface area contributed by atoms with E-state index in [0.717, 1.165) is 44.5 Å². The van der Waals surface area contributed by atoms with Gasteiger partial charge in [0, 0.05) is 63.9 Å². The third-order valence-electron chi connectivity index (χ3n) is 4.15. The van der Waals surface area contributed by atoms with Gasteiger partial charge in [-0.3, -0.25) is 0 Å². The van der Waals surface area contributed by atoms with Gasteiger partial charge in [-0.05, 0) is 42.3 Å². The fourth-order valence-corrected chi connectivity index (χ4v) is 3.64. The topological polar surface area (TPSA) is 22.1 Å². The van der Waals surface area contributed by atoms with Gasteiger partial charge in [0.1, 0.15) is 0 Å². The van der Waals surface area contributed by atoms with Gasteiger partial charge in [-0.15, -0.1) is 0 Å². The number of rotatable bonds is 5. The van der Waals surface area contributed by atoms with Gasteiger partial charge in [0.2, 0.25) is 0 Å². The number of aryl methyl sites for hydroxylation is 1. The molecule has 0 aliphatic rings. The second kappa shape index (κ2) is 10.5. The first-order valence-electron chi connectivity index (χ1n) is 8.14. The summed E-state index contributed by atoms with van der Waals surface area (Å²) in [6.07, 6.45) is 0.838. The second-order valence-electron chi connectivity index (χ2n) is 5.82. The molecule has 0 amide bonds. The minimum absolute atomic E-state index is 0. The van der Waals surface area contributed by atoms with Crippen LogP contribution >= 0.6 is 39.1 Å². The van der Waals surface area contributed by atoms with E-state index >= 15 is 0 Å². The Bertz CT molecular complexity index is 932. The van der Waals surface area contributed by atoms with Crippen molar-refractivity contribution in [3.8, 4) is 22.4 Å². The number of nitrogens with zero attached hydrogens (tertiary/aromatic N) is 1. The molecule has 6 heteroatoms. The number of hydrogen-bond donors (Lipinski definition) is 0. The summed E-state index contributed by atoms with van der Waals surface area (Å²) in [5, 5.41) is 1.20. The Kier molecular flexibility index (Phi) is 8.93. The van der Waals surface area contributed by atoms with Crippen LogP contribution in [0.4, 0.5) is 0 Å². The van der Waals surface area contributed by atoms with Gasteiger partial charge < -0.3 is 4.74 Å². The van der Waals surface area contributed by atoms with Crippen molar-refractivity contribution in [3.63, 3.8) is 0 Å². The molecule has 0 fully saturated rings. The molecule has 0 unspecified atom stereocenters. The van der Waals surface area contributed by atoms with Gasteiger partial charge in [0.15, 0.2) is 0 Å². The maximum atomic E-state index is 6.49. The van der Waals surface area contributed by atoms with Crippen LogP contribution in [-0.4, -0.2) is 4.98 Å². The molecule has 3 aromatic rings. The molecule has 137 valence electrons. The van der Waals surface area contributed by atoms with Crippen molar-refractivity contribution >= 4 is 39.1 Å². The maximum Gasteiger partial charge on any atom is 0.0785 e. The van der Waals surface area contributed by atoms with Crippen LogP contribution in [0.3, 0.4) is 0 Å². The van der Waals surface area contributed by atoms with Crippen LogP contribution in [0.15, 0.2) is 53.0 Å². The number of pyridine rings is 1. The summed E-state index contributed by atoms with van der Waals surface area (Å²) in [7, 11) is 3.49. The van der Waals surface area contributed by atoms with E-state index in [1.165, 1.54) is 0 Å². The summed E-state index contributed by atoms with van der Waals surface area (Å²) in [4.78, 5) is 4.90. The standard InChI is InChI=1S/C21H17BrCl2NO.Y/c1-3-13-10-18(17-9-8-16(23)11-19(17)24)21(25-20(13)12-26-2)14-4-6-15(22)7-5-14;/h4-11H,2-3,12H2,1H3;/q-1;. The fraction of sp³-hybridized carbons (Fsp3) is 0.143. The monoisotopic (exact) mass is 537 g/mol. The zero-order chi connectivity index (χ0) is 18.7. The Hall–Kier alpha value is -0.286. The van der Waals surface area contributed by atoms with Gasteiger partial charge in [-0.2, -0.15) is 0 Å². The van der Waals surface area contributed by atoms with Crippen molar-refractivity contribution < 1.29 is 37.4 Å². The largest absolute Gasteiger partial charge is 0.551 e. The Morgan fingerprint density at radius 3 is 2.33 bits per heavy atom. The maximum absolute atomic E-state index is 6.49. The molecule has 0 aliphatic heterocycles. The van der Waals surface area contributed by atoms with Crippen LogP contribution in [0.5, 0.6) is 0 Å². The summed E-state index contributed by atoms with van der Waals surface area (Å²) >= 11 is 16.0. The zero-order valence-electron chi connectivity index (χ0n) is 14.8. The predicted molar refractivity (Wildman–Crippen MR) is 112 cm³/mol. The summed E-state index contributed by atoms with van der Waals surface area (Å²) in [6, 6.07) is 15.7. The number of benzene rings is 2. The van der Waals surface area contributed by atoms with Gasteiger partial charge in [0.05, 0.1) is 18.0 Å². The first kappa shape index (κ1) is 23.0. The molecule has 0 spiro atoms. The molecule has 1 heterocycles. The molecule has 27 heavy (non-hydrogen) atoms. The third-order valence-corrected chi connectivity index (χ3v) is 5.23. The summed E-state index contributed by atoms with van der Waals surface area (Å²) in [5.41, 5.74) is 5.72. The molecule has 0 saturated carbocycles. The minimum atomic E-state index is 0. The SMILES string of the molecule is [CH2-]OCc1nc(-c2ccc(Br)cc2)c(-c2ccc(Cl)cc2Cl)cc1CC.[Y]. The van der Waals surface area contributed by atoms with E-state index < -0.39 is 0 Å². The van der Waals surface area contributed by atoms with Crippen molar-refractivity contribution in [1.29, 1.82) is 0 Å². The van der Waals surface area contributed by atoms with Crippen LogP contribution in [-0.2, 0) is 50.5 Å². The predicted octanol–water partition coefficient (Wildman–Crippen LogP) is 7.35. The smallest absolute Gasteiger partial charge is 0.0785 e. The molecule has 0 bridgehead atoms. The minimum Gasteiger partial charge on any atom is -0.551 e. The van der Waals surface area contributed by atoms with Gasteiger partial charge >= 0.3 is 0 Å². The van der Waals surface area contributed by atoms with E-state index in [0.29, 0.717) is 16.7 Å². The Morgan fingerprint density at radius 1 is 1.04 bits per heavy atom. The van der Waals surface area contributed by atoms with Crippen molar-refractivity contribution in [2.75, 3.05) is 0 Å². The molecule has 1 aromatic heterocycles. The van der Waals surface area contributed by atoms with Crippen LogP contribution in [0.25, 0.3) is 22.4 Å². The van der Waals surface area contributed by atoms with Gasteiger partial charge in [-0.25, -0.2) is 12.1 Å². The van der Waals surface area contributed by atoms with Crippen LogP contribution in [0.1, 0.15) is 18.2 Å². The van der Waals surface area contributed by atoms with E-state index in [9.17, 15) is 0 Å².